The highest BCUT2D eigenvalue weighted by atomic mass is 15.2. The van der Waals surface area contributed by atoms with E-state index >= 15 is 0 Å². The van der Waals surface area contributed by atoms with Crippen LogP contribution in [0.1, 0.15) is 27.2 Å². The van der Waals surface area contributed by atoms with E-state index < -0.39 is 0 Å². The van der Waals surface area contributed by atoms with Crippen LogP contribution in [0.15, 0.2) is 12.3 Å². The second-order valence-electron chi connectivity index (χ2n) is 6.43. The number of nitrogens with zero attached hydrogens (tertiary/aromatic N) is 3. The van der Waals surface area contributed by atoms with Crippen molar-refractivity contribution < 1.29 is 0 Å². The molecule has 0 amide bonds. The summed E-state index contributed by atoms with van der Waals surface area (Å²) >= 11 is 0. The van der Waals surface area contributed by atoms with E-state index in [2.05, 4.69) is 52.6 Å². The zero-order valence-corrected chi connectivity index (χ0v) is 12.4. The molecule has 19 heavy (non-hydrogen) atoms. The molecule has 0 spiro atoms. The van der Waals surface area contributed by atoms with Crippen molar-refractivity contribution in [3.8, 4) is 0 Å². The van der Waals surface area contributed by atoms with Crippen LogP contribution < -0.4 is 15.5 Å². The Morgan fingerprint density at radius 1 is 1.42 bits per heavy atom. The molecular formula is C14H25N5. The molecule has 2 rings (SSSR count). The molecule has 0 aromatic carbocycles. The molecule has 0 saturated carbocycles. The van der Waals surface area contributed by atoms with Crippen molar-refractivity contribution in [1.29, 1.82) is 0 Å². The van der Waals surface area contributed by atoms with Gasteiger partial charge < -0.3 is 15.5 Å². The Balaban J connectivity index is 1.99. The number of likely N-dealkylation sites (N-methyl/N-ethyl adjacent to an activating group) is 1. The van der Waals surface area contributed by atoms with Gasteiger partial charge in [0, 0.05) is 31.7 Å². The van der Waals surface area contributed by atoms with Crippen LogP contribution >= 0.6 is 0 Å². The second-order valence-corrected chi connectivity index (χ2v) is 6.43. The van der Waals surface area contributed by atoms with E-state index in [-0.39, 0.29) is 5.41 Å². The molecule has 1 saturated heterocycles. The first-order valence-corrected chi connectivity index (χ1v) is 6.97. The van der Waals surface area contributed by atoms with Gasteiger partial charge in [-0.2, -0.15) is 5.10 Å². The van der Waals surface area contributed by atoms with Crippen molar-refractivity contribution in [3.63, 3.8) is 0 Å². The molecular weight excluding hydrogens is 238 g/mol. The second kappa shape index (κ2) is 5.74. The van der Waals surface area contributed by atoms with Crippen LogP contribution in [0.3, 0.4) is 0 Å². The molecule has 5 heteroatoms. The maximum absolute atomic E-state index is 4.15. The highest BCUT2D eigenvalue weighted by Gasteiger charge is 2.21. The first-order valence-electron chi connectivity index (χ1n) is 6.97. The molecule has 1 fully saturated rings. The number of anilines is 2. The minimum Gasteiger partial charge on any atom is -0.369 e. The maximum Gasteiger partial charge on any atom is 0.150 e. The number of rotatable bonds is 4. The fraction of sp³-hybridized carbons (Fsp3) is 0.714. The van der Waals surface area contributed by atoms with Gasteiger partial charge in [0.25, 0.3) is 0 Å². The monoisotopic (exact) mass is 263 g/mol. The normalized spacial score (nSPS) is 19.8. The Labute approximate surface area is 115 Å². The molecule has 5 nitrogen and oxygen atoms in total. The van der Waals surface area contributed by atoms with Crippen LogP contribution in [0.25, 0.3) is 0 Å². The molecule has 1 aromatic rings. The highest BCUT2D eigenvalue weighted by molar-refractivity contribution is 5.53. The molecule has 0 aliphatic carbocycles. The summed E-state index contributed by atoms with van der Waals surface area (Å²) in [5.41, 5.74) is 1.40. The number of nitrogens with one attached hydrogen (secondary N) is 2. The minimum atomic E-state index is 0.239. The van der Waals surface area contributed by atoms with Crippen LogP contribution in [0, 0.1) is 5.41 Å². The van der Waals surface area contributed by atoms with E-state index in [1.54, 1.807) is 0 Å². The lowest BCUT2D eigenvalue weighted by Crippen LogP contribution is -2.29. The molecule has 1 aliphatic rings. The lowest BCUT2D eigenvalue weighted by atomic mass is 9.97. The van der Waals surface area contributed by atoms with E-state index in [1.807, 2.05) is 13.2 Å². The predicted molar refractivity (Wildman–Crippen MR) is 79.7 cm³/mol. The van der Waals surface area contributed by atoms with Crippen LogP contribution in [0.4, 0.5) is 11.5 Å². The predicted octanol–water partition coefficient (Wildman–Crippen LogP) is 1.73. The van der Waals surface area contributed by atoms with Crippen LogP contribution in [0.2, 0.25) is 0 Å². The SMILES string of the molecule is CN[C@H]1CCN(c2cnnc(NCC(C)(C)C)c2)C1. The number of aromatic nitrogens is 2. The maximum atomic E-state index is 4.15. The van der Waals surface area contributed by atoms with Gasteiger partial charge in [-0.25, -0.2) is 0 Å². The Morgan fingerprint density at radius 2 is 2.21 bits per heavy atom. The first kappa shape index (κ1) is 14.1. The van der Waals surface area contributed by atoms with Gasteiger partial charge in [0.05, 0.1) is 11.9 Å². The first-order chi connectivity index (χ1) is 8.98. The third-order valence-corrected chi connectivity index (χ3v) is 3.40. The molecule has 1 atom stereocenters. The van der Waals surface area contributed by atoms with Gasteiger partial charge in [-0.3, -0.25) is 0 Å². The Morgan fingerprint density at radius 3 is 2.84 bits per heavy atom. The Bertz CT molecular complexity index is 413. The minimum absolute atomic E-state index is 0.239. The quantitative estimate of drug-likeness (QED) is 0.866. The van der Waals surface area contributed by atoms with Crippen molar-refractivity contribution in [1.82, 2.24) is 15.5 Å². The van der Waals surface area contributed by atoms with Gasteiger partial charge >= 0.3 is 0 Å². The number of hydrogen-bond acceptors (Lipinski definition) is 5. The van der Waals surface area contributed by atoms with Crippen LogP contribution in [-0.2, 0) is 0 Å². The van der Waals surface area contributed by atoms with E-state index in [9.17, 15) is 0 Å². The fourth-order valence-corrected chi connectivity index (χ4v) is 2.20. The zero-order valence-electron chi connectivity index (χ0n) is 12.4. The van der Waals surface area contributed by atoms with E-state index in [4.69, 9.17) is 0 Å². The fourth-order valence-electron chi connectivity index (χ4n) is 2.20. The standard InChI is InChI=1S/C14H25N5/c1-14(2,3)10-16-13-7-12(8-17-18-13)19-6-5-11(9-19)15-4/h7-8,11,15H,5-6,9-10H2,1-4H3,(H,16,18)/t11-/m0/s1. The van der Waals surface area contributed by atoms with Crippen molar-refractivity contribution in [2.24, 2.45) is 5.41 Å². The largest absolute Gasteiger partial charge is 0.369 e. The van der Waals surface area contributed by atoms with E-state index in [0.717, 1.165) is 31.1 Å². The summed E-state index contributed by atoms with van der Waals surface area (Å²) in [5.74, 6) is 0.861. The summed E-state index contributed by atoms with van der Waals surface area (Å²) in [6.45, 7) is 9.63. The summed E-state index contributed by atoms with van der Waals surface area (Å²) in [4.78, 5) is 2.36. The smallest absolute Gasteiger partial charge is 0.150 e. The average Bonchev–Trinajstić information content (AvgIpc) is 2.85. The molecule has 2 heterocycles. The summed E-state index contributed by atoms with van der Waals surface area (Å²) in [6, 6.07) is 2.68. The molecule has 0 unspecified atom stereocenters. The summed E-state index contributed by atoms with van der Waals surface area (Å²) in [5, 5.41) is 14.9. The highest BCUT2D eigenvalue weighted by Crippen LogP contribution is 2.22. The summed E-state index contributed by atoms with van der Waals surface area (Å²) < 4.78 is 0. The van der Waals surface area contributed by atoms with Gasteiger partial charge in [0.2, 0.25) is 0 Å². The van der Waals surface area contributed by atoms with Crippen molar-refractivity contribution >= 4 is 11.5 Å². The molecule has 2 N–H and O–H groups in total. The Hall–Kier alpha value is -1.36. The van der Waals surface area contributed by atoms with E-state index in [0.29, 0.717) is 6.04 Å². The molecule has 1 aliphatic heterocycles. The van der Waals surface area contributed by atoms with Crippen molar-refractivity contribution in [3.05, 3.63) is 12.3 Å². The average molecular weight is 263 g/mol. The zero-order chi connectivity index (χ0) is 13.9. The molecule has 0 bridgehead atoms. The van der Waals surface area contributed by atoms with E-state index in [1.165, 1.54) is 6.42 Å². The third-order valence-electron chi connectivity index (χ3n) is 3.40. The summed E-state index contributed by atoms with van der Waals surface area (Å²) in [6.07, 6.45) is 3.03. The van der Waals surface area contributed by atoms with Crippen molar-refractivity contribution in [2.45, 2.75) is 33.2 Å². The molecule has 0 radical (unpaired) electrons. The molecule has 1 aromatic heterocycles. The van der Waals surface area contributed by atoms with Gasteiger partial charge in [-0.15, -0.1) is 5.10 Å². The van der Waals surface area contributed by atoms with Crippen LogP contribution in [-0.4, -0.2) is 42.9 Å². The lowest BCUT2D eigenvalue weighted by molar-refractivity contribution is 0.442. The lowest BCUT2D eigenvalue weighted by Gasteiger charge is -2.21. The van der Waals surface area contributed by atoms with Crippen LogP contribution in [0.5, 0.6) is 0 Å². The van der Waals surface area contributed by atoms with Gasteiger partial charge in [-0.1, -0.05) is 20.8 Å². The molecule has 106 valence electrons. The van der Waals surface area contributed by atoms with Gasteiger partial charge in [0.1, 0.15) is 0 Å². The summed E-state index contributed by atoms with van der Waals surface area (Å²) in [7, 11) is 2.02. The number of hydrogen-bond donors (Lipinski definition) is 2. The van der Waals surface area contributed by atoms with Gasteiger partial charge in [-0.05, 0) is 18.9 Å². The Kier molecular flexibility index (Phi) is 4.24. The van der Waals surface area contributed by atoms with Gasteiger partial charge in [0.15, 0.2) is 5.82 Å². The van der Waals surface area contributed by atoms with Crippen molar-refractivity contribution in [2.75, 3.05) is 36.9 Å². The topological polar surface area (TPSA) is 53.1 Å². The third kappa shape index (κ3) is 4.06.